The summed E-state index contributed by atoms with van der Waals surface area (Å²) in [6.45, 7) is 6.41. The fraction of sp³-hybridized carbons (Fsp3) is 0.310. The average molecular weight is 524 g/mol. The number of allylic oxidation sites excluding steroid dienone is 1. The predicted molar refractivity (Wildman–Crippen MR) is 156 cm³/mol. The molecule has 1 aliphatic rings. The van der Waals surface area contributed by atoms with Crippen LogP contribution in [0.25, 0.3) is 27.6 Å². The van der Waals surface area contributed by atoms with Gasteiger partial charge in [0.2, 0.25) is 5.95 Å². The molecular weight excluding hydrogens is 490 g/mol. The molecule has 0 saturated carbocycles. The molecule has 1 aliphatic heterocycles. The number of nitrogens with one attached hydrogen (secondary N) is 1. The fourth-order valence-electron chi connectivity index (χ4n) is 5.45. The Kier molecular flexibility index (Phi) is 6.40. The van der Waals surface area contributed by atoms with Crippen LogP contribution in [0.3, 0.4) is 0 Å². The Hall–Kier alpha value is -4.44. The van der Waals surface area contributed by atoms with Gasteiger partial charge in [-0.25, -0.2) is 14.3 Å². The third-order valence-corrected chi connectivity index (χ3v) is 7.70. The van der Waals surface area contributed by atoms with E-state index in [1.54, 1.807) is 17.0 Å². The third-order valence-electron chi connectivity index (χ3n) is 7.70. The number of hydrogen-bond acceptors (Lipinski definition) is 7. The van der Waals surface area contributed by atoms with E-state index in [0.29, 0.717) is 29.6 Å². The normalized spacial score (nSPS) is 14.7. The zero-order valence-corrected chi connectivity index (χ0v) is 22.6. The first-order chi connectivity index (χ1) is 18.9. The lowest BCUT2D eigenvalue weighted by Crippen LogP contribution is -2.42. The second-order valence-electron chi connectivity index (χ2n) is 10.3. The van der Waals surface area contributed by atoms with Crippen molar-refractivity contribution in [1.29, 1.82) is 0 Å². The van der Waals surface area contributed by atoms with Gasteiger partial charge < -0.3 is 15.1 Å². The quantitative estimate of drug-likeness (QED) is 0.323. The van der Waals surface area contributed by atoms with Gasteiger partial charge in [-0.3, -0.25) is 9.48 Å². The SMILES string of the molecule is C=CCn1c(=O)c2cnc(Nc3ccc4c(cnn4C)c3)nc2n1-c1cccc(N(C)C2CCN(C)CC2)c1. The van der Waals surface area contributed by atoms with Gasteiger partial charge in [0.15, 0.2) is 5.65 Å². The van der Waals surface area contributed by atoms with Crippen molar-refractivity contribution in [2.75, 3.05) is 37.4 Å². The number of nitrogens with zero attached hydrogens (tertiary/aromatic N) is 8. The van der Waals surface area contributed by atoms with Gasteiger partial charge in [-0.15, -0.1) is 6.58 Å². The van der Waals surface area contributed by atoms with Gasteiger partial charge >= 0.3 is 0 Å². The van der Waals surface area contributed by atoms with Gasteiger partial charge in [0.05, 0.1) is 23.9 Å². The molecule has 0 aliphatic carbocycles. The van der Waals surface area contributed by atoms with E-state index < -0.39 is 0 Å². The molecule has 0 bridgehead atoms. The standard InChI is InChI=1S/C29H33N9O/c1-5-13-37-28(39)25-19-30-29(32-21-9-10-26-20(16-21)18-31-36(26)4)33-27(25)38(37)24-8-6-7-23(17-24)35(3)22-11-14-34(2)15-12-22/h5-10,16-19,22H,1,11-15H2,2-4H3,(H,30,32,33). The highest BCUT2D eigenvalue weighted by Gasteiger charge is 2.22. The van der Waals surface area contributed by atoms with Crippen LogP contribution in [0.2, 0.25) is 0 Å². The van der Waals surface area contributed by atoms with Crippen LogP contribution in [0, 0.1) is 0 Å². The number of benzene rings is 2. The van der Waals surface area contributed by atoms with Crippen molar-refractivity contribution in [2.45, 2.75) is 25.4 Å². The number of aryl methyl sites for hydroxylation is 1. The van der Waals surface area contributed by atoms with Gasteiger partial charge in [-0.1, -0.05) is 12.1 Å². The number of aromatic nitrogens is 6. The van der Waals surface area contributed by atoms with Crippen LogP contribution >= 0.6 is 0 Å². The minimum Gasteiger partial charge on any atom is -0.371 e. The Morgan fingerprint density at radius 2 is 1.95 bits per heavy atom. The van der Waals surface area contributed by atoms with Crippen molar-refractivity contribution >= 4 is 39.3 Å². The van der Waals surface area contributed by atoms with Gasteiger partial charge in [-0.05, 0) is 69.4 Å². The molecule has 6 rings (SSSR count). The summed E-state index contributed by atoms with van der Waals surface area (Å²) >= 11 is 0. The Labute approximate surface area is 226 Å². The third kappa shape index (κ3) is 4.57. The van der Waals surface area contributed by atoms with Crippen LogP contribution in [0.5, 0.6) is 0 Å². The molecule has 0 radical (unpaired) electrons. The second-order valence-corrected chi connectivity index (χ2v) is 10.3. The fourth-order valence-corrected chi connectivity index (χ4v) is 5.45. The van der Waals surface area contributed by atoms with E-state index in [2.05, 4.69) is 58.0 Å². The molecule has 10 nitrogen and oxygen atoms in total. The molecule has 0 spiro atoms. The molecule has 3 aromatic heterocycles. The number of fused-ring (bicyclic) bond motifs is 2. The minimum atomic E-state index is -0.151. The van der Waals surface area contributed by atoms with Crippen molar-refractivity contribution in [3.63, 3.8) is 0 Å². The summed E-state index contributed by atoms with van der Waals surface area (Å²) in [5, 5.41) is 9.09. The van der Waals surface area contributed by atoms with Crippen LogP contribution in [0.4, 0.5) is 17.3 Å². The first kappa shape index (κ1) is 24.9. The van der Waals surface area contributed by atoms with E-state index in [4.69, 9.17) is 4.98 Å². The summed E-state index contributed by atoms with van der Waals surface area (Å²) in [6.07, 6.45) is 7.39. The number of likely N-dealkylation sites (tertiary alicyclic amines) is 1. The average Bonchev–Trinajstić information content (AvgIpc) is 3.45. The lowest BCUT2D eigenvalue weighted by Gasteiger charge is -2.36. The first-order valence-corrected chi connectivity index (χ1v) is 13.2. The molecule has 200 valence electrons. The van der Waals surface area contributed by atoms with Gasteiger partial charge in [0, 0.05) is 43.1 Å². The molecule has 0 atom stereocenters. The molecule has 1 saturated heterocycles. The zero-order chi connectivity index (χ0) is 27.1. The van der Waals surface area contributed by atoms with Gasteiger partial charge in [0.25, 0.3) is 5.56 Å². The smallest absolute Gasteiger partial charge is 0.278 e. The van der Waals surface area contributed by atoms with Crippen LogP contribution in [-0.2, 0) is 13.6 Å². The number of anilines is 3. The molecule has 0 unspecified atom stereocenters. The van der Waals surface area contributed by atoms with Crippen LogP contribution in [-0.4, -0.2) is 67.2 Å². The predicted octanol–water partition coefficient (Wildman–Crippen LogP) is 3.93. The summed E-state index contributed by atoms with van der Waals surface area (Å²) in [6, 6.07) is 14.8. The molecule has 39 heavy (non-hydrogen) atoms. The Morgan fingerprint density at radius 1 is 1.13 bits per heavy atom. The van der Waals surface area contributed by atoms with Crippen molar-refractivity contribution in [1.82, 2.24) is 34.0 Å². The highest BCUT2D eigenvalue weighted by Crippen LogP contribution is 2.26. The molecule has 0 amide bonds. The summed E-state index contributed by atoms with van der Waals surface area (Å²) in [7, 11) is 6.25. The Balaban J connectivity index is 1.40. The van der Waals surface area contributed by atoms with Gasteiger partial charge in [-0.2, -0.15) is 10.1 Å². The molecular formula is C29H33N9O. The van der Waals surface area contributed by atoms with Crippen molar-refractivity contribution < 1.29 is 0 Å². The summed E-state index contributed by atoms with van der Waals surface area (Å²) in [4.78, 5) is 27.4. The van der Waals surface area contributed by atoms with Crippen molar-refractivity contribution in [3.05, 3.63) is 77.9 Å². The molecule has 2 aromatic carbocycles. The minimum absolute atomic E-state index is 0.151. The zero-order valence-electron chi connectivity index (χ0n) is 22.6. The second kappa shape index (κ2) is 10.0. The van der Waals surface area contributed by atoms with Crippen LogP contribution in [0.15, 0.2) is 72.3 Å². The summed E-state index contributed by atoms with van der Waals surface area (Å²) in [5.74, 6) is 0.412. The lowest BCUT2D eigenvalue weighted by molar-refractivity contribution is 0.253. The molecule has 1 fully saturated rings. The molecule has 10 heteroatoms. The topological polar surface area (TPSA) is 89.0 Å². The Bertz CT molecular complexity index is 1720. The maximum absolute atomic E-state index is 13.4. The van der Waals surface area contributed by atoms with E-state index in [-0.39, 0.29) is 5.56 Å². The van der Waals surface area contributed by atoms with Gasteiger partial charge in [0.1, 0.15) is 5.39 Å². The summed E-state index contributed by atoms with van der Waals surface area (Å²) in [5.41, 5.74) is 4.25. The number of hydrogen-bond donors (Lipinski definition) is 1. The van der Waals surface area contributed by atoms with E-state index in [1.807, 2.05) is 52.9 Å². The van der Waals surface area contributed by atoms with E-state index in [0.717, 1.165) is 53.9 Å². The maximum Gasteiger partial charge on any atom is 0.278 e. The number of rotatable bonds is 7. The lowest BCUT2D eigenvalue weighted by atomic mass is 10.0. The highest BCUT2D eigenvalue weighted by atomic mass is 16.1. The van der Waals surface area contributed by atoms with E-state index in [1.165, 1.54) is 0 Å². The Morgan fingerprint density at radius 3 is 2.74 bits per heavy atom. The highest BCUT2D eigenvalue weighted by molar-refractivity contribution is 5.83. The molecule has 5 aromatic rings. The van der Waals surface area contributed by atoms with Crippen LogP contribution < -0.4 is 15.8 Å². The molecule has 4 heterocycles. The van der Waals surface area contributed by atoms with Crippen LogP contribution in [0.1, 0.15) is 12.8 Å². The largest absolute Gasteiger partial charge is 0.371 e. The molecule has 1 N–H and O–H groups in total. The monoisotopic (exact) mass is 523 g/mol. The number of piperidine rings is 1. The first-order valence-electron chi connectivity index (χ1n) is 13.2. The van der Waals surface area contributed by atoms with Crippen molar-refractivity contribution in [3.8, 4) is 5.69 Å². The van der Waals surface area contributed by atoms with E-state index in [9.17, 15) is 4.79 Å². The maximum atomic E-state index is 13.4. The van der Waals surface area contributed by atoms with Crippen molar-refractivity contribution in [2.24, 2.45) is 7.05 Å². The summed E-state index contributed by atoms with van der Waals surface area (Å²) < 4.78 is 5.37. The van der Waals surface area contributed by atoms with E-state index >= 15 is 0 Å².